The molecule has 1 amide bonds. The number of aryl methyl sites for hydroxylation is 1. The van der Waals surface area contributed by atoms with Gasteiger partial charge in [-0.25, -0.2) is 0 Å². The Bertz CT molecular complexity index is 646. The molecular formula is C14H12BrF2NO2S. The highest BCUT2D eigenvalue weighted by Gasteiger charge is 2.12. The Labute approximate surface area is 133 Å². The zero-order chi connectivity index (χ0) is 15.4. The van der Waals surface area contributed by atoms with Crippen LogP contribution in [0.1, 0.15) is 20.1 Å². The molecule has 3 nitrogen and oxygen atoms in total. The van der Waals surface area contributed by atoms with Crippen LogP contribution in [0.15, 0.2) is 34.8 Å². The number of alkyl halides is 2. The molecule has 1 aromatic carbocycles. The molecule has 21 heavy (non-hydrogen) atoms. The second kappa shape index (κ2) is 7.00. The van der Waals surface area contributed by atoms with E-state index in [0.29, 0.717) is 10.4 Å². The van der Waals surface area contributed by atoms with Gasteiger partial charge in [0.25, 0.3) is 5.91 Å². The number of nitrogens with one attached hydrogen (secondary N) is 1. The molecule has 0 bridgehead atoms. The number of ether oxygens (including phenoxy) is 1. The van der Waals surface area contributed by atoms with E-state index in [1.807, 2.05) is 13.0 Å². The molecule has 1 heterocycles. The third-order valence-electron chi connectivity index (χ3n) is 2.64. The highest BCUT2D eigenvalue weighted by molar-refractivity contribution is 9.10. The first-order valence-electron chi connectivity index (χ1n) is 6.03. The smallest absolute Gasteiger partial charge is 0.387 e. The van der Waals surface area contributed by atoms with E-state index in [-0.39, 0.29) is 18.2 Å². The zero-order valence-corrected chi connectivity index (χ0v) is 13.4. The van der Waals surface area contributed by atoms with Crippen molar-refractivity contribution in [2.24, 2.45) is 0 Å². The molecule has 0 saturated heterocycles. The Morgan fingerprint density at radius 2 is 2.14 bits per heavy atom. The van der Waals surface area contributed by atoms with Crippen LogP contribution in [0.2, 0.25) is 0 Å². The molecule has 2 aromatic rings. The Hall–Kier alpha value is -1.47. The lowest BCUT2D eigenvalue weighted by Gasteiger charge is -2.11. The molecule has 0 radical (unpaired) electrons. The molecule has 0 aliphatic carbocycles. The first kappa shape index (κ1) is 15.9. The van der Waals surface area contributed by atoms with Gasteiger partial charge >= 0.3 is 6.61 Å². The molecule has 1 aromatic heterocycles. The summed E-state index contributed by atoms with van der Waals surface area (Å²) >= 11 is 4.64. The quantitative estimate of drug-likeness (QED) is 0.843. The highest BCUT2D eigenvalue weighted by atomic mass is 79.9. The normalized spacial score (nSPS) is 10.7. The average Bonchev–Trinajstić information content (AvgIpc) is 2.85. The van der Waals surface area contributed by atoms with Gasteiger partial charge < -0.3 is 10.1 Å². The van der Waals surface area contributed by atoms with Crippen molar-refractivity contribution in [3.63, 3.8) is 0 Å². The lowest BCUT2D eigenvalue weighted by Crippen LogP contribution is -2.22. The number of carbonyl (C=O) groups is 1. The molecule has 7 heteroatoms. The number of carbonyl (C=O) groups excluding carboxylic acids is 1. The Balaban J connectivity index is 2.08. The van der Waals surface area contributed by atoms with Crippen molar-refractivity contribution in [3.8, 4) is 5.75 Å². The van der Waals surface area contributed by atoms with E-state index in [1.165, 1.54) is 17.4 Å². The van der Waals surface area contributed by atoms with Gasteiger partial charge in [0, 0.05) is 21.5 Å². The first-order valence-corrected chi connectivity index (χ1v) is 7.64. The Kier molecular flexibility index (Phi) is 5.30. The van der Waals surface area contributed by atoms with Crippen molar-refractivity contribution in [2.75, 3.05) is 0 Å². The van der Waals surface area contributed by atoms with E-state index in [1.54, 1.807) is 18.2 Å². The van der Waals surface area contributed by atoms with Gasteiger partial charge in [-0.3, -0.25) is 4.79 Å². The van der Waals surface area contributed by atoms with Gasteiger partial charge in [-0.15, -0.1) is 11.3 Å². The van der Waals surface area contributed by atoms with Crippen LogP contribution in [0.4, 0.5) is 8.78 Å². The topological polar surface area (TPSA) is 38.3 Å². The lowest BCUT2D eigenvalue weighted by atomic mass is 10.2. The third kappa shape index (κ3) is 4.50. The number of halogens is 3. The van der Waals surface area contributed by atoms with Crippen molar-refractivity contribution < 1.29 is 18.3 Å². The second-order valence-electron chi connectivity index (χ2n) is 4.22. The minimum atomic E-state index is -2.90. The van der Waals surface area contributed by atoms with Crippen molar-refractivity contribution >= 4 is 33.2 Å². The van der Waals surface area contributed by atoms with Crippen LogP contribution < -0.4 is 10.1 Å². The van der Waals surface area contributed by atoms with E-state index in [9.17, 15) is 13.6 Å². The van der Waals surface area contributed by atoms with Crippen LogP contribution in [-0.2, 0) is 6.54 Å². The standard InChI is InChI=1S/C14H12BrF2NO2S/c1-8-2-5-12(21-8)13(19)18-7-9-6-10(15)3-4-11(9)20-14(16)17/h2-6,14H,7H2,1H3,(H,18,19). The SMILES string of the molecule is Cc1ccc(C(=O)NCc2cc(Br)ccc2OC(F)F)s1. The summed E-state index contributed by atoms with van der Waals surface area (Å²) in [6.07, 6.45) is 0. The Morgan fingerprint density at radius 1 is 1.38 bits per heavy atom. The third-order valence-corrected chi connectivity index (χ3v) is 4.13. The monoisotopic (exact) mass is 375 g/mol. The average molecular weight is 376 g/mol. The number of amides is 1. The molecule has 0 atom stereocenters. The molecule has 0 spiro atoms. The molecule has 0 fully saturated rings. The molecule has 1 N–H and O–H groups in total. The summed E-state index contributed by atoms with van der Waals surface area (Å²) in [6, 6.07) is 8.26. The minimum Gasteiger partial charge on any atom is -0.434 e. The molecule has 0 unspecified atom stereocenters. The van der Waals surface area contributed by atoms with Crippen molar-refractivity contribution in [3.05, 3.63) is 50.1 Å². The molecular weight excluding hydrogens is 364 g/mol. The Morgan fingerprint density at radius 3 is 2.76 bits per heavy atom. The zero-order valence-electron chi connectivity index (χ0n) is 11.0. The number of benzene rings is 1. The molecule has 0 aliphatic rings. The largest absolute Gasteiger partial charge is 0.434 e. The summed E-state index contributed by atoms with van der Waals surface area (Å²) in [6.45, 7) is -0.887. The number of thiophene rings is 1. The fraction of sp³-hybridized carbons (Fsp3) is 0.214. The van der Waals surface area contributed by atoms with Gasteiger partial charge in [-0.1, -0.05) is 15.9 Å². The molecule has 0 saturated carbocycles. The van der Waals surface area contributed by atoms with Crippen LogP contribution in [0.5, 0.6) is 5.75 Å². The van der Waals surface area contributed by atoms with Gasteiger partial charge in [-0.05, 0) is 37.3 Å². The maximum atomic E-state index is 12.3. The second-order valence-corrected chi connectivity index (χ2v) is 6.43. The molecule has 0 aliphatic heterocycles. The summed E-state index contributed by atoms with van der Waals surface area (Å²) in [5.74, 6) is -0.188. The van der Waals surface area contributed by atoms with Crippen LogP contribution >= 0.6 is 27.3 Å². The van der Waals surface area contributed by atoms with Gasteiger partial charge in [-0.2, -0.15) is 8.78 Å². The summed E-state index contributed by atoms with van der Waals surface area (Å²) < 4.78 is 29.9. The van der Waals surface area contributed by atoms with Crippen molar-refractivity contribution in [1.82, 2.24) is 5.32 Å². The van der Waals surface area contributed by atoms with Crippen molar-refractivity contribution in [2.45, 2.75) is 20.1 Å². The fourth-order valence-corrected chi connectivity index (χ4v) is 2.91. The van der Waals surface area contributed by atoms with E-state index in [2.05, 4.69) is 26.0 Å². The van der Waals surface area contributed by atoms with Gasteiger partial charge in [0.05, 0.1) is 4.88 Å². The van der Waals surface area contributed by atoms with Crippen LogP contribution in [0.25, 0.3) is 0 Å². The van der Waals surface area contributed by atoms with E-state index in [0.717, 1.165) is 9.35 Å². The minimum absolute atomic E-state index is 0.0517. The van der Waals surface area contributed by atoms with Crippen LogP contribution in [0, 0.1) is 6.92 Å². The summed E-state index contributed by atoms with van der Waals surface area (Å²) in [7, 11) is 0. The lowest BCUT2D eigenvalue weighted by molar-refractivity contribution is -0.0504. The molecule has 2 rings (SSSR count). The first-order chi connectivity index (χ1) is 9.95. The summed E-state index contributed by atoms with van der Waals surface area (Å²) in [5.41, 5.74) is 0.478. The predicted octanol–water partition coefficient (Wildman–Crippen LogP) is 4.35. The van der Waals surface area contributed by atoms with Gasteiger partial charge in [0.2, 0.25) is 0 Å². The summed E-state index contributed by atoms with van der Waals surface area (Å²) in [4.78, 5) is 13.6. The van der Waals surface area contributed by atoms with Gasteiger partial charge in [0.1, 0.15) is 5.75 Å². The number of hydrogen-bond donors (Lipinski definition) is 1. The van der Waals surface area contributed by atoms with Crippen LogP contribution in [0.3, 0.4) is 0 Å². The maximum Gasteiger partial charge on any atom is 0.387 e. The van der Waals surface area contributed by atoms with Crippen molar-refractivity contribution in [1.29, 1.82) is 0 Å². The van der Waals surface area contributed by atoms with E-state index in [4.69, 9.17) is 0 Å². The van der Waals surface area contributed by atoms with E-state index < -0.39 is 6.61 Å². The molecule has 112 valence electrons. The number of rotatable bonds is 5. The summed E-state index contributed by atoms with van der Waals surface area (Å²) in [5, 5.41) is 2.70. The van der Waals surface area contributed by atoms with E-state index >= 15 is 0 Å². The van der Waals surface area contributed by atoms with Crippen LogP contribution in [-0.4, -0.2) is 12.5 Å². The van der Waals surface area contributed by atoms with Gasteiger partial charge in [0.15, 0.2) is 0 Å². The maximum absolute atomic E-state index is 12.3. The number of hydrogen-bond acceptors (Lipinski definition) is 3. The highest BCUT2D eigenvalue weighted by Crippen LogP contribution is 2.25. The fourth-order valence-electron chi connectivity index (χ4n) is 1.72. The predicted molar refractivity (Wildman–Crippen MR) is 81.0 cm³/mol.